The second-order valence-electron chi connectivity index (χ2n) is 5.26. The van der Waals surface area contributed by atoms with E-state index in [1.54, 1.807) is 0 Å². The number of hydrogen-bond acceptors (Lipinski definition) is 4. The van der Waals surface area contributed by atoms with Gasteiger partial charge in [0.2, 0.25) is 5.91 Å². The third-order valence-electron chi connectivity index (χ3n) is 3.75. The molecule has 1 heterocycles. The van der Waals surface area contributed by atoms with Crippen molar-refractivity contribution in [3.63, 3.8) is 0 Å². The Hall–Kier alpha value is -1.75. The third-order valence-corrected chi connectivity index (χ3v) is 3.75. The van der Waals surface area contributed by atoms with Crippen LogP contribution >= 0.6 is 0 Å². The standard InChI is InChI=1S/C16H25N3O2/c1-2-21-12-4-7-16(20)19-10-8-18(9-11-19)15-6-3-5-14(17)13-15/h3,5-6,13H,2,4,7-12,17H2,1H3. The van der Waals surface area contributed by atoms with Crippen molar-refractivity contribution in [2.75, 3.05) is 50.0 Å². The fourth-order valence-corrected chi connectivity index (χ4v) is 2.56. The summed E-state index contributed by atoms with van der Waals surface area (Å²) in [5.74, 6) is 0.238. The van der Waals surface area contributed by atoms with Crippen molar-refractivity contribution in [2.24, 2.45) is 0 Å². The first kappa shape index (κ1) is 15.6. The number of nitrogens with zero attached hydrogens (tertiary/aromatic N) is 2. The average molecular weight is 291 g/mol. The van der Waals surface area contributed by atoms with E-state index >= 15 is 0 Å². The van der Waals surface area contributed by atoms with Crippen LogP contribution < -0.4 is 10.6 Å². The molecule has 1 aliphatic heterocycles. The molecule has 0 atom stereocenters. The van der Waals surface area contributed by atoms with Crippen LogP contribution in [-0.2, 0) is 9.53 Å². The van der Waals surface area contributed by atoms with Gasteiger partial charge < -0.3 is 20.3 Å². The SMILES string of the molecule is CCOCCCC(=O)N1CCN(c2cccc(N)c2)CC1. The lowest BCUT2D eigenvalue weighted by Gasteiger charge is -2.36. The molecule has 2 rings (SSSR count). The van der Waals surface area contributed by atoms with Crippen LogP contribution in [0.15, 0.2) is 24.3 Å². The number of carbonyl (C=O) groups excluding carboxylic acids is 1. The zero-order chi connectivity index (χ0) is 15.1. The van der Waals surface area contributed by atoms with Gasteiger partial charge in [-0.05, 0) is 31.5 Å². The molecule has 1 aromatic rings. The van der Waals surface area contributed by atoms with Crippen LogP contribution in [0, 0.1) is 0 Å². The first-order chi connectivity index (χ1) is 10.2. The Morgan fingerprint density at radius 3 is 2.71 bits per heavy atom. The van der Waals surface area contributed by atoms with Crippen molar-refractivity contribution in [3.8, 4) is 0 Å². The minimum absolute atomic E-state index is 0.238. The van der Waals surface area contributed by atoms with Crippen LogP contribution in [0.3, 0.4) is 0 Å². The summed E-state index contributed by atoms with van der Waals surface area (Å²) < 4.78 is 5.27. The van der Waals surface area contributed by atoms with Crippen molar-refractivity contribution < 1.29 is 9.53 Å². The fraction of sp³-hybridized carbons (Fsp3) is 0.562. The molecule has 1 saturated heterocycles. The Bertz CT molecular complexity index is 457. The van der Waals surface area contributed by atoms with E-state index in [-0.39, 0.29) is 5.91 Å². The number of carbonyl (C=O) groups is 1. The normalized spacial score (nSPS) is 15.3. The Balaban J connectivity index is 1.76. The predicted molar refractivity (Wildman–Crippen MR) is 85.4 cm³/mol. The van der Waals surface area contributed by atoms with Gasteiger partial charge in [0.05, 0.1) is 0 Å². The zero-order valence-electron chi connectivity index (χ0n) is 12.8. The summed E-state index contributed by atoms with van der Waals surface area (Å²) in [6, 6.07) is 7.91. The zero-order valence-corrected chi connectivity index (χ0v) is 12.8. The van der Waals surface area contributed by atoms with Gasteiger partial charge in [0.15, 0.2) is 0 Å². The maximum atomic E-state index is 12.1. The summed E-state index contributed by atoms with van der Waals surface area (Å²) in [6.07, 6.45) is 1.39. The summed E-state index contributed by atoms with van der Waals surface area (Å²) in [4.78, 5) is 16.3. The van der Waals surface area contributed by atoms with E-state index in [4.69, 9.17) is 10.5 Å². The Morgan fingerprint density at radius 2 is 2.05 bits per heavy atom. The molecular weight excluding hydrogens is 266 g/mol. The van der Waals surface area contributed by atoms with Gasteiger partial charge in [0, 0.05) is 57.2 Å². The quantitative estimate of drug-likeness (QED) is 0.640. The average Bonchev–Trinajstić information content (AvgIpc) is 2.51. The summed E-state index contributed by atoms with van der Waals surface area (Å²) in [5, 5.41) is 0. The third kappa shape index (κ3) is 4.63. The van der Waals surface area contributed by atoms with Crippen LogP contribution in [-0.4, -0.2) is 50.2 Å². The van der Waals surface area contributed by atoms with E-state index in [2.05, 4.69) is 11.0 Å². The maximum absolute atomic E-state index is 12.1. The highest BCUT2D eigenvalue weighted by Crippen LogP contribution is 2.19. The highest BCUT2D eigenvalue weighted by Gasteiger charge is 2.20. The van der Waals surface area contributed by atoms with Crippen LogP contribution in [0.5, 0.6) is 0 Å². The molecule has 0 aromatic heterocycles. The summed E-state index contributed by atoms with van der Waals surface area (Å²) in [7, 11) is 0. The molecule has 1 fully saturated rings. The number of benzene rings is 1. The molecule has 2 N–H and O–H groups in total. The topological polar surface area (TPSA) is 58.8 Å². The minimum atomic E-state index is 0.238. The van der Waals surface area contributed by atoms with Gasteiger partial charge in [0.1, 0.15) is 0 Å². The molecule has 5 nitrogen and oxygen atoms in total. The predicted octanol–water partition coefficient (Wildman–Crippen LogP) is 1.73. The van der Waals surface area contributed by atoms with Crippen molar-refractivity contribution in [1.82, 2.24) is 4.90 Å². The molecule has 21 heavy (non-hydrogen) atoms. The second-order valence-corrected chi connectivity index (χ2v) is 5.26. The summed E-state index contributed by atoms with van der Waals surface area (Å²) in [6.45, 7) is 6.64. The van der Waals surface area contributed by atoms with E-state index in [0.717, 1.165) is 44.0 Å². The number of nitrogen functional groups attached to an aromatic ring is 1. The molecule has 0 spiro atoms. The van der Waals surface area contributed by atoms with Crippen molar-refractivity contribution in [1.29, 1.82) is 0 Å². The summed E-state index contributed by atoms with van der Waals surface area (Å²) in [5.41, 5.74) is 7.73. The van der Waals surface area contributed by atoms with Crippen LogP contribution in [0.1, 0.15) is 19.8 Å². The maximum Gasteiger partial charge on any atom is 0.222 e. The van der Waals surface area contributed by atoms with Gasteiger partial charge in [-0.1, -0.05) is 6.07 Å². The molecule has 0 unspecified atom stereocenters. The smallest absolute Gasteiger partial charge is 0.222 e. The van der Waals surface area contributed by atoms with Crippen LogP contribution in [0.25, 0.3) is 0 Å². The number of amides is 1. The van der Waals surface area contributed by atoms with Crippen molar-refractivity contribution in [3.05, 3.63) is 24.3 Å². The molecule has 1 amide bonds. The van der Waals surface area contributed by atoms with Gasteiger partial charge in [-0.25, -0.2) is 0 Å². The Morgan fingerprint density at radius 1 is 1.29 bits per heavy atom. The van der Waals surface area contributed by atoms with Gasteiger partial charge in [-0.15, -0.1) is 0 Å². The monoisotopic (exact) mass is 291 g/mol. The Labute approximate surface area is 126 Å². The van der Waals surface area contributed by atoms with Gasteiger partial charge in [-0.3, -0.25) is 4.79 Å². The molecule has 116 valence electrons. The molecular formula is C16H25N3O2. The van der Waals surface area contributed by atoms with Crippen LogP contribution in [0.4, 0.5) is 11.4 Å². The lowest BCUT2D eigenvalue weighted by atomic mass is 10.2. The summed E-state index contributed by atoms with van der Waals surface area (Å²) >= 11 is 0. The largest absolute Gasteiger partial charge is 0.399 e. The molecule has 0 saturated carbocycles. The van der Waals surface area contributed by atoms with E-state index < -0.39 is 0 Å². The number of hydrogen-bond donors (Lipinski definition) is 1. The van der Waals surface area contributed by atoms with Gasteiger partial charge >= 0.3 is 0 Å². The second kappa shape index (κ2) is 7.88. The van der Waals surface area contributed by atoms with E-state index in [1.807, 2.05) is 30.0 Å². The number of anilines is 2. The minimum Gasteiger partial charge on any atom is -0.399 e. The fourth-order valence-electron chi connectivity index (χ4n) is 2.56. The first-order valence-corrected chi connectivity index (χ1v) is 7.66. The van der Waals surface area contributed by atoms with E-state index in [0.29, 0.717) is 19.6 Å². The Kier molecular flexibility index (Phi) is 5.87. The van der Waals surface area contributed by atoms with E-state index in [9.17, 15) is 4.79 Å². The van der Waals surface area contributed by atoms with Crippen molar-refractivity contribution in [2.45, 2.75) is 19.8 Å². The van der Waals surface area contributed by atoms with Crippen molar-refractivity contribution >= 4 is 17.3 Å². The molecule has 0 aliphatic carbocycles. The number of nitrogens with two attached hydrogens (primary N) is 1. The molecule has 0 radical (unpaired) electrons. The van der Waals surface area contributed by atoms with E-state index in [1.165, 1.54) is 0 Å². The molecule has 1 aromatic carbocycles. The van der Waals surface area contributed by atoms with Gasteiger partial charge in [0.25, 0.3) is 0 Å². The lowest BCUT2D eigenvalue weighted by Crippen LogP contribution is -2.48. The lowest BCUT2D eigenvalue weighted by molar-refractivity contribution is -0.131. The number of piperazine rings is 1. The van der Waals surface area contributed by atoms with Crippen LogP contribution in [0.2, 0.25) is 0 Å². The molecule has 1 aliphatic rings. The number of ether oxygens (including phenoxy) is 1. The first-order valence-electron chi connectivity index (χ1n) is 7.66. The number of rotatable bonds is 6. The van der Waals surface area contributed by atoms with Gasteiger partial charge in [-0.2, -0.15) is 0 Å². The molecule has 5 heteroatoms. The highest BCUT2D eigenvalue weighted by molar-refractivity contribution is 5.76. The highest BCUT2D eigenvalue weighted by atomic mass is 16.5. The molecule has 0 bridgehead atoms.